The summed E-state index contributed by atoms with van der Waals surface area (Å²) in [5.41, 5.74) is 3.14. The summed E-state index contributed by atoms with van der Waals surface area (Å²) >= 11 is 0. The zero-order valence-corrected chi connectivity index (χ0v) is 19.0. The topological polar surface area (TPSA) is 99.2 Å². The number of nitrogens with zero attached hydrogens (tertiary/aromatic N) is 5. The molecule has 5 rings (SSSR count). The molecule has 32 heavy (non-hydrogen) atoms. The zero-order chi connectivity index (χ0) is 22.2. The van der Waals surface area contributed by atoms with Crippen LogP contribution in [0.2, 0.25) is 0 Å². The summed E-state index contributed by atoms with van der Waals surface area (Å²) in [6.45, 7) is 7.88. The molecule has 3 fully saturated rings. The fourth-order valence-corrected chi connectivity index (χ4v) is 5.94. The molecule has 0 saturated carbocycles. The third-order valence-corrected chi connectivity index (χ3v) is 7.47. The number of aryl methyl sites for hydroxylation is 2. The molecule has 0 aliphatic carbocycles. The van der Waals surface area contributed by atoms with E-state index in [4.69, 9.17) is 0 Å². The average molecular weight is 440 g/mol. The standard InChI is InChI=1S/C23H33N7O2/c1-3-29-10-16(9-27-29)8-24-23(32)22-18-7-17(20-5-4-6-21(31)30(20)22)11-28(12-18)13-19-15(2)25-14-26-19/h9-10,14,17-18,20,22H,3-8,11-13H2,1-2H3,(H,24,32)(H,25,26)/t17-,18+,20+,22-/m1/s1. The predicted octanol–water partition coefficient (Wildman–Crippen LogP) is 1.45. The number of fused-ring (bicyclic) bond motifs is 4. The lowest BCUT2D eigenvalue weighted by Gasteiger charge is -2.55. The molecule has 3 saturated heterocycles. The van der Waals surface area contributed by atoms with E-state index in [9.17, 15) is 9.59 Å². The van der Waals surface area contributed by atoms with Crippen molar-refractivity contribution in [2.45, 2.75) is 71.2 Å². The summed E-state index contributed by atoms with van der Waals surface area (Å²) < 4.78 is 1.85. The second kappa shape index (κ2) is 8.69. The maximum absolute atomic E-state index is 13.5. The molecule has 0 radical (unpaired) electrons. The summed E-state index contributed by atoms with van der Waals surface area (Å²) in [7, 11) is 0. The Balaban J connectivity index is 1.34. The average Bonchev–Trinajstić information content (AvgIpc) is 3.42. The van der Waals surface area contributed by atoms with Crippen molar-refractivity contribution < 1.29 is 9.59 Å². The van der Waals surface area contributed by atoms with Crippen LogP contribution >= 0.6 is 0 Å². The second-order valence-corrected chi connectivity index (χ2v) is 9.55. The first kappa shape index (κ1) is 21.2. The molecular formula is C23H33N7O2. The number of carbonyl (C=O) groups is 2. The number of hydrogen-bond donors (Lipinski definition) is 2. The van der Waals surface area contributed by atoms with Crippen molar-refractivity contribution in [3.05, 3.63) is 35.7 Å². The molecule has 2 aromatic rings. The molecule has 3 aliphatic rings. The molecule has 2 aromatic heterocycles. The van der Waals surface area contributed by atoms with Crippen LogP contribution in [0, 0.1) is 18.8 Å². The van der Waals surface area contributed by atoms with Gasteiger partial charge in [0.1, 0.15) is 6.04 Å². The number of carbonyl (C=O) groups excluding carboxylic acids is 2. The highest BCUT2D eigenvalue weighted by Crippen LogP contribution is 2.42. The van der Waals surface area contributed by atoms with Gasteiger partial charge in [0.25, 0.3) is 0 Å². The van der Waals surface area contributed by atoms with Crippen LogP contribution in [0.15, 0.2) is 18.7 Å². The van der Waals surface area contributed by atoms with E-state index in [2.05, 4.69) is 25.3 Å². The van der Waals surface area contributed by atoms with Crippen LogP contribution in [-0.4, -0.2) is 66.5 Å². The van der Waals surface area contributed by atoms with Gasteiger partial charge >= 0.3 is 0 Å². The van der Waals surface area contributed by atoms with Crippen LogP contribution in [0.4, 0.5) is 0 Å². The number of rotatable bonds is 6. The highest BCUT2D eigenvalue weighted by atomic mass is 16.2. The third kappa shape index (κ3) is 3.94. The number of hydrogen-bond acceptors (Lipinski definition) is 5. The summed E-state index contributed by atoms with van der Waals surface area (Å²) in [4.78, 5) is 38.5. The van der Waals surface area contributed by atoms with Crippen molar-refractivity contribution in [3.8, 4) is 0 Å². The number of piperidine rings is 3. The molecule has 2 amide bonds. The van der Waals surface area contributed by atoms with Crippen LogP contribution in [0.25, 0.3) is 0 Å². The highest BCUT2D eigenvalue weighted by Gasteiger charge is 2.51. The Morgan fingerprint density at radius 2 is 2.16 bits per heavy atom. The molecule has 3 aliphatic heterocycles. The second-order valence-electron chi connectivity index (χ2n) is 9.55. The quantitative estimate of drug-likeness (QED) is 0.710. The molecule has 0 aromatic carbocycles. The van der Waals surface area contributed by atoms with Gasteiger partial charge in [-0.3, -0.25) is 19.2 Å². The lowest BCUT2D eigenvalue weighted by molar-refractivity contribution is -0.160. The number of amides is 2. The maximum Gasteiger partial charge on any atom is 0.243 e. The van der Waals surface area contributed by atoms with Crippen molar-refractivity contribution >= 4 is 11.8 Å². The molecule has 5 heterocycles. The number of nitrogens with one attached hydrogen (secondary N) is 2. The predicted molar refractivity (Wildman–Crippen MR) is 118 cm³/mol. The van der Waals surface area contributed by atoms with Gasteiger partial charge in [-0.05, 0) is 39.0 Å². The van der Waals surface area contributed by atoms with Crippen molar-refractivity contribution in [2.24, 2.45) is 11.8 Å². The lowest BCUT2D eigenvalue weighted by Crippen LogP contribution is -2.68. The number of imidazole rings is 1. The molecule has 4 atom stereocenters. The minimum absolute atomic E-state index is 0.0317. The van der Waals surface area contributed by atoms with Gasteiger partial charge in [0.15, 0.2) is 0 Å². The van der Waals surface area contributed by atoms with Crippen LogP contribution in [-0.2, 0) is 29.2 Å². The SMILES string of the molecule is CCn1cc(CNC(=O)[C@H]2[C@H]3C[C@H](CN(Cc4nc[nH]c4C)C3)[C@@H]3CCCC(=O)N32)cn1. The van der Waals surface area contributed by atoms with E-state index in [0.717, 1.165) is 62.4 Å². The van der Waals surface area contributed by atoms with Crippen molar-refractivity contribution in [2.75, 3.05) is 13.1 Å². The summed E-state index contributed by atoms with van der Waals surface area (Å²) in [6, 6.07) is -0.234. The van der Waals surface area contributed by atoms with Gasteiger partial charge in [0.2, 0.25) is 11.8 Å². The molecule has 172 valence electrons. The number of aromatic amines is 1. The number of aromatic nitrogens is 4. The van der Waals surface area contributed by atoms with Crippen LogP contribution < -0.4 is 5.32 Å². The van der Waals surface area contributed by atoms with E-state index in [1.807, 2.05) is 29.6 Å². The molecule has 9 heteroatoms. The molecular weight excluding hydrogens is 406 g/mol. The minimum atomic E-state index is -0.395. The Bertz CT molecular complexity index is 983. The van der Waals surface area contributed by atoms with Crippen LogP contribution in [0.5, 0.6) is 0 Å². The van der Waals surface area contributed by atoms with Gasteiger partial charge in [-0.25, -0.2) is 4.98 Å². The van der Waals surface area contributed by atoms with E-state index in [-0.39, 0.29) is 23.8 Å². The summed E-state index contributed by atoms with van der Waals surface area (Å²) in [5.74, 6) is 0.677. The Hall–Kier alpha value is -2.68. The summed E-state index contributed by atoms with van der Waals surface area (Å²) in [6.07, 6.45) is 8.98. The van der Waals surface area contributed by atoms with E-state index >= 15 is 0 Å². The normalized spacial score (nSPS) is 27.9. The van der Waals surface area contributed by atoms with Crippen molar-refractivity contribution in [1.82, 2.24) is 34.9 Å². The molecule has 9 nitrogen and oxygen atoms in total. The first-order valence-corrected chi connectivity index (χ1v) is 11.8. The highest BCUT2D eigenvalue weighted by molar-refractivity contribution is 5.89. The van der Waals surface area contributed by atoms with E-state index in [1.165, 1.54) is 0 Å². The fourth-order valence-electron chi connectivity index (χ4n) is 5.94. The minimum Gasteiger partial charge on any atom is -0.350 e. The zero-order valence-electron chi connectivity index (χ0n) is 19.0. The Morgan fingerprint density at radius 3 is 2.91 bits per heavy atom. The number of H-pyrrole nitrogens is 1. The van der Waals surface area contributed by atoms with Gasteiger partial charge in [-0.15, -0.1) is 0 Å². The Morgan fingerprint density at radius 1 is 1.31 bits per heavy atom. The largest absolute Gasteiger partial charge is 0.350 e. The lowest BCUT2D eigenvalue weighted by atomic mass is 9.71. The third-order valence-electron chi connectivity index (χ3n) is 7.47. The van der Waals surface area contributed by atoms with Gasteiger partial charge in [0, 0.05) is 68.6 Å². The van der Waals surface area contributed by atoms with Gasteiger partial charge in [0.05, 0.1) is 18.2 Å². The Kier molecular flexibility index (Phi) is 5.75. The first-order chi connectivity index (χ1) is 15.5. The van der Waals surface area contributed by atoms with Gasteiger partial charge in [-0.1, -0.05) is 0 Å². The van der Waals surface area contributed by atoms with Crippen molar-refractivity contribution in [1.29, 1.82) is 0 Å². The summed E-state index contributed by atoms with van der Waals surface area (Å²) in [5, 5.41) is 7.40. The molecule has 2 bridgehead atoms. The van der Waals surface area contributed by atoms with E-state index in [0.29, 0.717) is 18.9 Å². The molecule has 2 N–H and O–H groups in total. The van der Waals surface area contributed by atoms with Crippen LogP contribution in [0.1, 0.15) is 49.6 Å². The smallest absolute Gasteiger partial charge is 0.243 e. The Labute approximate surface area is 188 Å². The first-order valence-electron chi connectivity index (χ1n) is 11.8. The molecule has 0 spiro atoms. The van der Waals surface area contributed by atoms with Gasteiger partial charge < -0.3 is 15.2 Å². The monoisotopic (exact) mass is 439 g/mol. The van der Waals surface area contributed by atoms with Crippen LogP contribution in [0.3, 0.4) is 0 Å². The fraction of sp³-hybridized carbons (Fsp3) is 0.652. The maximum atomic E-state index is 13.5. The van der Waals surface area contributed by atoms with Gasteiger partial charge in [-0.2, -0.15) is 5.10 Å². The number of likely N-dealkylation sites (tertiary alicyclic amines) is 1. The van der Waals surface area contributed by atoms with Crippen molar-refractivity contribution in [3.63, 3.8) is 0 Å². The van der Waals surface area contributed by atoms with E-state index in [1.54, 1.807) is 12.5 Å². The molecule has 0 unspecified atom stereocenters. The van der Waals surface area contributed by atoms with E-state index < -0.39 is 6.04 Å².